The summed E-state index contributed by atoms with van der Waals surface area (Å²) in [6.45, 7) is 11.9. The van der Waals surface area contributed by atoms with Crippen LogP contribution in [0.3, 0.4) is 0 Å². The Morgan fingerprint density at radius 3 is 2.22 bits per heavy atom. The van der Waals surface area contributed by atoms with Gasteiger partial charge in [-0.1, -0.05) is 27.7 Å². The van der Waals surface area contributed by atoms with Crippen LogP contribution in [0.15, 0.2) is 23.0 Å². The molecule has 4 saturated carbocycles. The van der Waals surface area contributed by atoms with Crippen molar-refractivity contribution in [1.29, 1.82) is 0 Å². The molecule has 1 spiro atoms. The third-order valence-corrected chi connectivity index (χ3v) is 14.1. The maximum absolute atomic E-state index is 15.5. The van der Waals surface area contributed by atoms with E-state index in [-0.39, 0.29) is 18.9 Å². The van der Waals surface area contributed by atoms with Gasteiger partial charge in [0.1, 0.15) is 11.7 Å². The summed E-state index contributed by atoms with van der Waals surface area (Å²) in [7, 11) is 0. The van der Waals surface area contributed by atoms with Crippen molar-refractivity contribution in [3.05, 3.63) is 24.2 Å². The Kier molecular flexibility index (Phi) is 8.19. The van der Waals surface area contributed by atoms with E-state index in [1.807, 2.05) is 13.8 Å². The lowest BCUT2D eigenvalue weighted by Crippen LogP contribution is -2.84. The van der Waals surface area contributed by atoms with E-state index in [1.54, 1.807) is 33.1 Å². The Morgan fingerprint density at radius 2 is 1.63 bits per heavy atom. The lowest BCUT2D eigenvalue weighted by molar-refractivity contribution is -0.391. The first-order chi connectivity index (χ1) is 23.9. The number of carbonyl (C=O) groups excluding carboxylic acids is 5. The van der Waals surface area contributed by atoms with Crippen molar-refractivity contribution < 1.29 is 67.0 Å². The third-order valence-electron chi connectivity index (χ3n) is 14.1. The van der Waals surface area contributed by atoms with Gasteiger partial charge in [-0.25, -0.2) is 0 Å². The number of hydrogen-bond acceptors (Lipinski definition) is 14. The van der Waals surface area contributed by atoms with Crippen molar-refractivity contribution in [3.8, 4) is 0 Å². The summed E-state index contributed by atoms with van der Waals surface area (Å²) >= 11 is 0. The molecule has 4 aliphatic carbocycles. The van der Waals surface area contributed by atoms with E-state index in [0.29, 0.717) is 12.8 Å². The number of ether oxygens (including phenoxy) is 6. The summed E-state index contributed by atoms with van der Waals surface area (Å²) in [5.41, 5.74) is -6.23. The predicted molar refractivity (Wildman–Crippen MR) is 171 cm³/mol. The molecule has 1 aromatic heterocycles. The van der Waals surface area contributed by atoms with Crippen LogP contribution in [-0.2, 0) is 52.4 Å². The Balaban J connectivity index is 1.45. The number of Topliss-reactive ketones (excluding diaryl/α,β-unsaturated/α-hetero) is 1. The van der Waals surface area contributed by atoms with Gasteiger partial charge in [0.15, 0.2) is 24.1 Å². The molecule has 0 amide bonds. The first-order valence-corrected chi connectivity index (χ1v) is 17.8. The highest BCUT2D eigenvalue weighted by Gasteiger charge is 2.93. The molecule has 0 aromatic carbocycles. The number of fused-ring (bicyclic) bond motifs is 1. The number of epoxide rings is 1. The lowest BCUT2D eigenvalue weighted by atomic mass is 9.33. The molecule has 2 bridgehead atoms. The second-order valence-corrected chi connectivity index (χ2v) is 16.3. The molecule has 1 aromatic rings. The van der Waals surface area contributed by atoms with Gasteiger partial charge >= 0.3 is 23.9 Å². The van der Waals surface area contributed by atoms with Crippen LogP contribution in [0, 0.1) is 39.4 Å². The van der Waals surface area contributed by atoms with E-state index in [4.69, 9.17) is 32.8 Å². The standard InChI is InChI=1S/C37H48O14/c1-9-16(2)31(44)50-32-33(6)22-13-23(41)35(8)27(36(22,15-46-32)28(43)26(47-17(3)38)30(33)49-19(5)40)25(42)29(48-18(4)39)34(7)21(20-10-11-45-14-20)12-24-37(34,35)51-24/h10-11,14,16,21-24,26-30,32,41,43H,9,12-13,15H2,1-8H3/t16-,21+,22+,23-,24-,26-,27+,28+,29+,30-,32+,33-,34-,35-,36+,37-/m1/s1. The highest BCUT2D eigenvalue weighted by atomic mass is 16.7. The zero-order valence-electron chi connectivity index (χ0n) is 30.2. The highest BCUT2D eigenvalue weighted by molar-refractivity contribution is 5.93. The zero-order valence-corrected chi connectivity index (χ0v) is 30.2. The fourth-order valence-corrected chi connectivity index (χ4v) is 11.9. The van der Waals surface area contributed by atoms with E-state index in [1.165, 1.54) is 13.2 Å². The quantitative estimate of drug-likeness (QED) is 0.237. The first-order valence-electron chi connectivity index (χ1n) is 17.8. The van der Waals surface area contributed by atoms with Crippen molar-refractivity contribution in [3.63, 3.8) is 0 Å². The molecular weight excluding hydrogens is 668 g/mol. The van der Waals surface area contributed by atoms with Crippen LogP contribution >= 0.6 is 0 Å². The number of esters is 4. The Labute approximate surface area is 295 Å². The number of ketones is 1. The maximum Gasteiger partial charge on any atom is 0.310 e. The predicted octanol–water partition coefficient (Wildman–Crippen LogP) is 2.60. The van der Waals surface area contributed by atoms with Gasteiger partial charge < -0.3 is 43.1 Å². The van der Waals surface area contributed by atoms with Crippen molar-refractivity contribution in [1.82, 2.24) is 0 Å². The molecule has 2 saturated heterocycles. The molecule has 16 atom stereocenters. The van der Waals surface area contributed by atoms with Crippen molar-refractivity contribution in [2.24, 2.45) is 39.4 Å². The van der Waals surface area contributed by atoms with Crippen LogP contribution in [0.4, 0.5) is 0 Å². The fourth-order valence-electron chi connectivity index (χ4n) is 11.9. The molecular formula is C37H48O14. The average Bonchev–Trinajstić information content (AvgIpc) is 3.42. The van der Waals surface area contributed by atoms with E-state index in [0.717, 1.165) is 19.4 Å². The Hall–Kier alpha value is -3.33. The van der Waals surface area contributed by atoms with E-state index < -0.39 is 118 Å². The fraction of sp³-hybridized carbons (Fsp3) is 0.757. The number of aliphatic hydroxyl groups is 2. The largest absolute Gasteiger partial charge is 0.472 e. The number of furan rings is 1. The second-order valence-electron chi connectivity index (χ2n) is 16.3. The molecule has 14 nitrogen and oxygen atoms in total. The van der Waals surface area contributed by atoms with Gasteiger partial charge in [-0.05, 0) is 43.7 Å². The minimum atomic E-state index is -1.70. The van der Waals surface area contributed by atoms with Crippen LogP contribution < -0.4 is 0 Å². The monoisotopic (exact) mass is 716 g/mol. The number of carbonyl (C=O) groups is 5. The summed E-state index contributed by atoms with van der Waals surface area (Å²) in [6.07, 6.45) is -5.17. The number of rotatable bonds is 7. The van der Waals surface area contributed by atoms with Gasteiger partial charge in [0.25, 0.3) is 0 Å². The molecule has 280 valence electrons. The maximum atomic E-state index is 15.5. The van der Waals surface area contributed by atoms with Gasteiger partial charge in [0.2, 0.25) is 6.29 Å². The van der Waals surface area contributed by atoms with Crippen LogP contribution in [0.5, 0.6) is 0 Å². The average molecular weight is 717 g/mol. The van der Waals surface area contributed by atoms with Gasteiger partial charge in [-0.3, -0.25) is 24.0 Å². The van der Waals surface area contributed by atoms with E-state index in [2.05, 4.69) is 0 Å². The summed E-state index contributed by atoms with van der Waals surface area (Å²) in [5.74, 6) is -6.50. The molecule has 6 aliphatic rings. The highest BCUT2D eigenvalue weighted by Crippen LogP contribution is 2.83. The van der Waals surface area contributed by atoms with Crippen LogP contribution in [-0.4, -0.2) is 95.0 Å². The molecule has 0 radical (unpaired) electrons. The first kappa shape index (κ1) is 36.0. The molecule has 0 unspecified atom stereocenters. The molecule has 7 rings (SSSR count). The molecule has 2 N–H and O–H groups in total. The minimum Gasteiger partial charge on any atom is -0.472 e. The summed E-state index contributed by atoms with van der Waals surface area (Å²) < 4.78 is 42.2. The number of aliphatic hydroxyl groups excluding tert-OH is 2. The van der Waals surface area contributed by atoms with E-state index >= 15 is 4.79 Å². The number of hydrogen-bond donors (Lipinski definition) is 2. The SMILES string of the molecule is CC[C@@H](C)C(=O)O[C@@H]1OC[C@@]23[C@H]4C(=O)[C@H](OC(C)=O)[C@@]5(C)[C@H](c6ccoc6)C[C@H]6O[C@]65[C@]4(C)[C@H](O)C[C@H]2[C@]1(C)[C@H](OC(C)=O)[C@H](OC(C)=O)[C@@H]3O. The van der Waals surface area contributed by atoms with Gasteiger partial charge in [0.05, 0.1) is 48.1 Å². The van der Waals surface area contributed by atoms with Crippen molar-refractivity contribution in [2.45, 2.75) is 129 Å². The van der Waals surface area contributed by atoms with Crippen molar-refractivity contribution in [2.75, 3.05) is 6.61 Å². The van der Waals surface area contributed by atoms with Crippen LogP contribution in [0.25, 0.3) is 0 Å². The Bertz CT molecular complexity index is 1640. The third kappa shape index (κ3) is 4.33. The normalized spacial score (nSPS) is 48.2. The molecule has 14 heteroatoms. The van der Waals surface area contributed by atoms with Gasteiger partial charge in [0, 0.05) is 43.4 Å². The topological polar surface area (TPSA) is 198 Å². The molecule has 3 heterocycles. The zero-order chi connectivity index (χ0) is 37.2. The van der Waals surface area contributed by atoms with Crippen LogP contribution in [0.1, 0.15) is 86.1 Å². The minimum absolute atomic E-state index is 0.0539. The summed E-state index contributed by atoms with van der Waals surface area (Å²) in [5, 5.41) is 25.3. The van der Waals surface area contributed by atoms with Crippen molar-refractivity contribution >= 4 is 29.7 Å². The second kappa shape index (κ2) is 11.6. The molecule has 6 fully saturated rings. The smallest absolute Gasteiger partial charge is 0.310 e. The Morgan fingerprint density at radius 1 is 0.961 bits per heavy atom. The molecule has 51 heavy (non-hydrogen) atoms. The molecule has 2 aliphatic heterocycles. The van der Waals surface area contributed by atoms with Crippen LogP contribution in [0.2, 0.25) is 0 Å². The summed E-state index contributed by atoms with van der Waals surface area (Å²) in [6, 6.07) is 1.80. The lowest BCUT2D eigenvalue weighted by Gasteiger charge is -2.73. The summed E-state index contributed by atoms with van der Waals surface area (Å²) in [4.78, 5) is 67.1. The van der Waals surface area contributed by atoms with E-state index in [9.17, 15) is 29.4 Å². The van der Waals surface area contributed by atoms with Gasteiger partial charge in [-0.2, -0.15) is 0 Å². The van der Waals surface area contributed by atoms with Gasteiger partial charge in [-0.15, -0.1) is 0 Å².